The molecule has 0 bridgehead atoms. The quantitative estimate of drug-likeness (QED) is 0.0415. The molecule has 0 aromatic heterocycles. The number of halogens is 3. The number of hydrogen-bond acceptors (Lipinski definition) is 8. The van der Waals surface area contributed by atoms with Crippen molar-refractivity contribution in [1.82, 2.24) is 0 Å². The fourth-order valence-electron chi connectivity index (χ4n) is 24.4. The average Bonchev–Trinajstić information content (AvgIpc) is 1.63. The zero-order valence-electron chi connectivity index (χ0n) is 93.8. The van der Waals surface area contributed by atoms with Crippen LogP contribution in [0.5, 0.6) is 0 Å². The highest BCUT2D eigenvalue weighted by atomic mass is 128. The van der Waals surface area contributed by atoms with Crippen molar-refractivity contribution in [3.8, 4) is 0 Å². The van der Waals surface area contributed by atoms with Crippen LogP contribution in [0.15, 0.2) is 155 Å². The number of benzene rings is 2. The first-order chi connectivity index (χ1) is 62.0. The van der Waals surface area contributed by atoms with Gasteiger partial charge in [0.1, 0.15) is 12.9 Å². The van der Waals surface area contributed by atoms with Gasteiger partial charge in [-0.25, -0.2) is 0 Å². The molecular formula is C120H206I3O8PSi4. The van der Waals surface area contributed by atoms with Crippen LogP contribution in [0.1, 0.15) is 380 Å². The van der Waals surface area contributed by atoms with E-state index in [9.17, 15) is 19.6 Å². The summed E-state index contributed by atoms with van der Waals surface area (Å²) >= 11 is 4.24. The summed E-state index contributed by atoms with van der Waals surface area (Å²) in [5.74, 6) is 7.37. The number of rotatable bonds is 26. The largest absolute Gasteiger partial charge is 0.410 e. The standard InChI is InChI=1S/C40H74O2Si2.C33H51O3PSi2.C28H46O2.C19H34O.I2.HI/c1-29(19-17-25-37(3,4)5)33-23-24-34-32(20-18-26-40(33,34)12)22-21-31-27-35(41-43(13,14)38(6,7)8)30(2)36(28-31)42-44(15,16)39(9,10)11;1-26-30(35-38(8,9)32(2,3)4)24-27(25-31(26)36-39(10,11)33(5,6)7)22-23-37(34,28-18-14-12-15-19-28)29-20-16-13-17-21-29;1-19(9-7-15-27(3,4)5)23-13-14-24-22(10-8-16-28(23,24)6)12-11-21-17-25(29)20(2)26(30)18-21;1-14(8-6-12-18(2,3)4)15-10-11-16-17(20)9-7-13-19(15,16)5;1-2;/h21-22,29,33-36H,2,17-20,23-28H2,1,3-16H3;12-22,30-31H,1,23-25H2,2-11H3;11-12,19,23-26,29-30H,2,7-10,13-18H2,1,3-6H3;14-16H,6-13H2,1-5H3;;1H/b32-22+;;22-12+;;;/t29-,33+,34-,35+,36+,40+;30-,31-;19-,23+,24-,25+,26+,28+;14-,15+,16-,19+;;/m0100../s1. The second kappa shape index (κ2) is 50.4. The van der Waals surface area contributed by atoms with E-state index in [-0.39, 0.29) is 68.5 Å². The van der Waals surface area contributed by atoms with Crippen molar-refractivity contribution in [1.29, 1.82) is 0 Å². The lowest BCUT2D eigenvalue weighted by molar-refractivity contribution is -0.130. The first-order valence-corrected chi connectivity index (χ1v) is 73.8. The van der Waals surface area contributed by atoms with Gasteiger partial charge in [0.25, 0.3) is 0 Å². The van der Waals surface area contributed by atoms with E-state index in [0.29, 0.717) is 74.7 Å². The predicted molar refractivity (Wildman–Crippen MR) is 631 cm³/mol. The van der Waals surface area contributed by atoms with E-state index in [4.69, 9.17) is 17.7 Å². The molecule has 11 rings (SSSR count). The lowest BCUT2D eigenvalue weighted by Crippen LogP contribution is -2.49. The molecule has 18 atom stereocenters. The van der Waals surface area contributed by atoms with Gasteiger partial charge in [0.2, 0.25) is 0 Å². The third-order valence-electron chi connectivity index (χ3n) is 37.1. The van der Waals surface area contributed by atoms with Crippen LogP contribution in [0.3, 0.4) is 0 Å². The fourth-order valence-corrected chi connectivity index (χ4v) is 32.1. The highest BCUT2D eigenvalue weighted by Crippen LogP contribution is 2.63. The SMILES string of the molecule is C=C1[C@H](O)CC(=C/C=C2\CCC[C@]3(C)[C@@H]([C@@H](C)CCCC(C)(C)C)CC[C@@H]23)C[C@H]1O.C=C1[C@H](O[Si](C)(C)C(C)(C)C)CC(=C/C=C2\CCC[C@]3(C)[C@@H]([C@@H](C)CCCC(C)(C)C)CC[C@@H]23)C[C@H]1O[Si](C)(C)C(C)(C)C.C=C1[C@H](O[Si](C)(C)C(C)(C)C)CC(=CCP(=O)(c2ccccc2)c2ccccc2)C[C@H]1O[Si](C)(C)C(C)(C)C.C[C@@H](CCCC(C)(C)C)[C@H]1CC[C@H]2C(=O)CCC[C@]12C.I.II. The Morgan fingerprint density at radius 1 is 0.412 bits per heavy atom. The molecule has 2 N–H and O–H groups in total. The van der Waals surface area contributed by atoms with E-state index in [1.165, 1.54) is 158 Å². The van der Waals surface area contributed by atoms with Crippen molar-refractivity contribution in [3.05, 3.63) is 155 Å². The number of ketones is 1. The number of fused-ring (bicyclic) bond motifs is 3. The van der Waals surface area contributed by atoms with Crippen molar-refractivity contribution in [2.24, 2.45) is 85.8 Å². The molecule has 0 spiro atoms. The van der Waals surface area contributed by atoms with Crippen LogP contribution in [-0.2, 0) is 27.1 Å². The van der Waals surface area contributed by atoms with Crippen molar-refractivity contribution in [2.75, 3.05) is 6.16 Å². The zero-order chi connectivity index (χ0) is 102. The Hall–Kier alpha value is -0.922. The Morgan fingerprint density at radius 3 is 0.978 bits per heavy atom. The molecule has 0 amide bonds. The summed E-state index contributed by atoms with van der Waals surface area (Å²) in [4.78, 5) is 12.2. The van der Waals surface area contributed by atoms with Gasteiger partial charge >= 0.3 is 0 Å². The van der Waals surface area contributed by atoms with Gasteiger partial charge in [-0.3, -0.25) is 4.79 Å². The van der Waals surface area contributed by atoms with Crippen molar-refractivity contribution in [3.63, 3.8) is 0 Å². The van der Waals surface area contributed by atoms with Gasteiger partial charge in [-0.15, -0.1) is 24.0 Å². The molecule has 9 saturated carbocycles. The van der Waals surface area contributed by atoms with Crippen LogP contribution < -0.4 is 10.6 Å². The lowest BCUT2D eigenvalue weighted by atomic mass is 9.60. The maximum absolute atomic E-state index is 14.7. The third-order valence-corrected chi connectivity index (χ3v) is 58.0. The highest BCUT2D eigenvalue weighted by molar-refractivity contribution is 15.0. The van der Waals surface area contributed by atoms with Gasteiger partial charge in [-0.1, -0.05) is 364 Å². The second-order valence-corrected chi connectivity index (χ2v) is 77.0. The Labute approximate surface area is 883 Å². The smallest absolute Gasteiger partial charge is 0.192 e. The summed E-state index contributed by atoms with van der Waals surface area (Å²) < 4.78 is 42.9. The topological polar surface area (TPSA) is 112 Å². The van der Waals surface area contributed by atoms with Crippen LogP contribution in [0.4, 0.5) is 0 Å². The predicted octanol–water partition coefficient (Wildman–Crippen LogP) is 37.1. The van der Waals surface area contributed by atoms with Crippen LogP contribution in [0.2, 0.25) is 72.5 Å². The number of carbonyl (C=O) groups is 1. The Bertz CT molecular complexity index is 4230. The Balaban J connectivity index is 0.000000285. The number of aliphatic hydroxyl groups excluding tert-OH is 2. The van der Waals surface area contributed by atoms with Crippen molar-refractivity contribution >= 4 is 118 Å². The lowest BCUT2D eigenvalue weighted by Gasteiger charge is -2.46. The summed E-state index contributed by atoms with van der Waals surface area (Å²) in [5, 5.41) is 22.6. The van der Waals surface area contributed by atoms with E-state index in [1.807, 2.05) is 60.7 Å². The minimum atomic E-state index is -2.84. The van der Waals surface area contributed by atoms with Crippen LogP contribution in [-0.4, -0.2) is 92.1 Å². The molecule has 2 aromatic rings. The minimum Gasteiger partial charge on any atom is -0.410 e. The molecule has 9 aliphatic carbocycles. The summed E-state index contributed by atoms with van der Waals surface area (Å²) in [6.45, 7) is 96.0. The normalized spacial score (nSPS) is 29.2. The molecule has 8 nitrogen and oxygen atoms in total. The van der Waals surface area contributed by atoms with Gasteiger partial charge in [-0.05, 0) is 317 Å². The average molecular weight is 2300 g/mol. The molecule has 0 radical (unpaired) electrons. The summed E-state index contributed by atoms with van der Waals surface area (Å²) in [6, 6.07) is 19.9. The Kier molecular flexibility index (Phi) is 45.9. The van der Waals surface area contributed by atoms with Crippen LogP contribution >= 0.6 is 68.4 Å². The van der Waals surface area contributed by atoms with E-state index in [1.54, 1.807) is 11.1 Å². The van der Waals surface area contributed by atoms with Gasteiger partial charge in [0, 0.05) is 66.3 Å². The monoisotopic (exact) mass is 2300 g/mol. The van der Waals surface area contributed by atoms with Gasteiger partial charge in [-0.2, -0.15) is 0 Å². The molecular weight excluding hydrogens is 2090 g/mol. The van der Waals surface area contributed by atoms with E-state index in [0.717, 1.165) is 102 Å². The number of carbonyl (C=O) groups excluding carboxylic acids is 1. The zero-order valence-corrected chi connectivity index (χ0v) is 105. The van der Waals surface area contributed by atoms with E-state index in [2.05, 4.69) is 327 Å². The number of hydrogen-bond donors (Lipinski definition) is 2. The summed E-state index contributed by atoms with van der Waals surface area (Å²) in [7, 11) is -10.8. The third kappa shape index (κ3) is 33.3. The molecule has 776 valence electrons. The van der Waals surface area contributed by atoms with Crippen LogP contribution in [0, 0.1) is 85.8 Å². The second-order valence-electron chi connectivity index (χ2n) is 55.1. The van der Waals surface area contributed by atoms with E-state index < -0.39 is 52.6 Å². The first-order valence-electron chi connectivity index (χ1n) is 54.0. The Morgan fingerprint density at radius 2 is 0.684 bits per heavy atom. The van der Waals surface area contributed by atoms with Crippen molar-refractivity contribution in [2.45, 2.75) is 489 Å². The van der Waals surface area contributed by atoms with Gasteiger partial charge in [0.15, 0.2) is 33.3 Å². The highest BCUT2D eigenvalue weighted by Gasteiger charge is 2.56. The summed E-state index contributed by atoms with van der Waals surface area (Å²) in [6.07, 6.45) is 47.2. The molecule has 136 heavy (non-hydrogen) atoms. The molecule has 9 aliphatic rings. The molecule has 0 aliphatic heterocycles. The maximum atomic E-state index is 14.7. The van der Waals surface area contributed by atoms with Crippen molar-refractivity contribution < 1.29 is 37.3 Å². The molecule has 0 unspecified atom stereocenters. The first kappa shape index (κ1) is 124. The number of aliphatic hydroxyl groups is 2. The molecule has 2 aromatic carbocycles. The van der Waals surface area contributed by atoms with Gasteiger partial charge in [0.05, 0.1) is 36.6 Å². The van der Waals surface area contributed by atoms with Crippen LogP contribution in [0.25, 0.3) is 0 Å². The molecule has 16 heteroatoms. The molecule has 0 heterocycles. The van der Waals surface area contributed by atoms with E-state index >= 15 is 0 Å². The maximum Gasteiger partial charge on any atom is 0.192 e. The number of Topliss-reactive ketones (excluding diaryl/α,β-unsaturated/α-hetero) is 1. The molecule has 0 saturated heterocycles. The minimum absolute atomic E-state index is 0. The fraction of sp³-hybridized carbons (Fsp3) is 0.758. The molecule has 9 fully saturated rings. The summed E-state index contributed by atoms with van der Waals surface area (Å²) in [5.41, 5.74) is 12.7. The van der Waals surface area contributed by atoms with Gasteiger partial charge < -0.3 is 32.5 Å². The number of allylic oxidation sites excluding steroid dienone is 7.